The van der Waals surface area contributed by atoms with Crippen molar-refractivity contribution in [1.82, 2.24) is 0 Å². The van der Waals surface area contributed by atoms with Crippen LogP contribution in [0.5, 0.6) is 0 Å². The van der Waals surface area contributed by atoms with Crippen LogP contribution in [-0.2, 0) is 5.41 Å². The minimum absolute atomic E-state index is 0.482. The van der Waals surface area contributed by atoms with Gasteiger partial charge in [0, 0.05) is 0 Å². The minimum Gasteiger partial charge on any atom is -0.0619 e. The summed E-state index contributed by atoms with van der Waals surface area (Å²) < 4.78 is 0. The van der Waals surface area contributed by atoms with Crippen molar-refractivity contribution in [2.24, 2.45) is 0 Å². The lowest BCUT2D eigenvalue weighted by atomic mass is 9.68. The number of fused-ring (bicyclic) bond motifs is 20. The van der Waals surface area contributed by atoms with Gasteiger partial charge in [0.05, 0.1) is 5.41 Å². The minimum atomic E-state index is -0.482. The summed E-state index contributed by atoms with van der Waals surface area (Å²) in [5.74, 6) is 0. The summed E-state index contributed by atoms with van der Waals surface area (Å²) in [5.41, 5.74) is 15.4. The zero-order valence-corrected chi connectivity index (χ0v) is 31.1. The molecule has 57 heavy (non-hydrogen) atoms. The van der Waals surface area contributed by atoms with Crippen LogP contribution in [0.3, 0.4) is 0 Å². The summed E-state index contributed by atoms with van der Waals surface area (Å²) in [5, 5.41) is 12.9. The summed E-state index contributed by atoms with van der Waals surface area (Å²) in [7, 11) is 0. The van der Waals surface area contributed by atoms with E-state index in [2.05, 4.69) is 206 Å². The molecule has 0 aromatic heterocycles. The van der Waals surface area contributed by atoms with Crippen LogP contribution in [0.25, 0.3) is 98.4 Å². The van der Waals surface area contributed by atoms with Gasteiger partial charge in [0.25, 0.3) is 0 Å². The fourth-order valence-corrected chi connectivity index (χ4v) is 11.1. The molecule has 0 aliphatic heterocycles. The van der Waals surface area contributed by atoms with E-state index in [0.29, 0.717) is 0 Å². The standard InChI is InChI=1S/C57H34/c1-2-16-38-35(15-1)34-51(45-22-6-5-18-41(38)45)42-19-4-3-17-39(42)36-29-31-40-37(33-36)30-32-50-54-48-25-9-7-20-43(48)44-21-8-10-26-49(44)56(54)57(55(40)50)52-27-13-11-23-46(52)47-24-12-14-28-53(47)57/h1-34H. The number of benzene rings is 11. The van der Waals surface area contributed by atoms with Crippen LogP contribution in [0.1, 0.15) is 22.3 Å². The Labute approximate surface area is 330 Å². The monoisotopic (exact) mass is 718 g/mol. The van der Waals surface area contributed by atoms with Crippen LogP contribution < -0.4 is 0 Å². The lowest BCUT2D eigenvalue weighted by Crippen LogP contribution is -2.26. The van der Waals surface area contributed by atoms with E-state index in [1.165, 1.54) is 121 Å². The molecule has 0 radical (unpaired) electrons. The molecular weight excluding hydrogens is 685 g/mol. The SMILES string of the molecule is c1ccc(-c2cc3ccccc3c3ccccc23)c(-c2ccc3c4c(ccc3c2)-c2c(c3ccccc3c3ccccc23)C42c3ccccc3-c3ccccc32)c1. The average Bonchev–Trinajstić information content (AvgIpc) is 3.77. The molecule has 262 valence electrons. The van der Waals surface area contributed by atoms with E-state index in [-0.39, 0.29) is 0 Å². The third-order valence-electron chi connectivity index (χ3n) is 13.2. The Hall–Kier alpha value is -7.28. The highest BCUT2D eigenvalue weighted by atomic mass is 14.5. The van der Waals surface area contributed by atoms with E-state index in [4.69, 9.17) is 0 Å². The molecule has 0 atom stereocenters. The van der Waals surface area contributed by atoms with Gasteiger partial charge in [-0.1, -0.05) is 194 Å². The van der Waals surface area contributed by atoms with Crippen LogP contribution in [0, 0.1) is 0 Å². The zero-order chi connectivity index (χ0) is 37.2. The van der Waals surface area contributed by atoms with Crippen LogP contribution in [0.4, 0.5) is 0 Å². The molecule has 0 fully saturated rings. The highest BCUT2D eigenvalue weighted by Gasteiger charge is 2.53. The quantitative estimate of drug-likeness (QED) is 0.156. The molecule has 0 unspecified atom stereocenters. The van der Waals surface area contributed by atoms with E-state index in [1.54, 1.807) is 0 Å². The Morgan fingerprint density at radius 2 is 0.754 bits per heavy atom. The van der Waals surface area contributed by atoms with Crippen molar-refractivity contribution in [3.8, 4) is 44.5 Å². The van der Waals surface area contributed by atoms with Gasteiger partial charge >= 0.3 is 0 Å². The fraction of sp³-hybridized carbons (Fsp3) is 0.0175. The van der Waals surface area contributed by atoms with E-state index in [9.17, 15) is 0 Å². The molecule has 0 heterocycles. The Balaban J connectivity index is 1.12. The van der Waals surface area contributed by atoms with E-state index >= 15 is 0 Å². The molecule has 1 spiro atoms. The molecule has 13 rings (SSSR count). The third kappa shape index (κ3) is 3.97. The second-order valence-electron chi connectivity index (χ2n) is 15.8. The van der Waals surface area contributed by atoms with Crippen LogP contribution >= 0.6 is 0 Å². The summed E-state index contributed by atoms with van der Waals surface area (Å²) in [6, 6.07) is 77.6. The molecule has 0 saturated heterocycles. The molecule has 2 aliphatic carbocycles. The molecule has 0 N–H and O–H groups in total. The van der Waals surface area contributed by atoms with Crippen LogP contribution in [-0.4, -0.2) is 0 Å². The van der Waals surface area contributed by atoms with Gasteiger partial charge in [-0.25, -0.2) is 0 Å². The smallest absolute Gasteiger partial charge is 0.0619 e. The molecule has 2 aliphatic rings. The molecule has 11 aromatic rings. The maximum atomic E-state index is 2.44. The van der Waals surface area contributed by atoms with Gasteiger partial charge in [-0.3, -0.25) is 0 Å². The molecular formula is C57H34. The van der Waals surface area contributed by atoms with Crippen molar-refractivity contribution in [3.63, 3.8) is 0 Å². The summed E-state index contributed by atoms with van der Waals surface area (Å²) in [6.07, 6.45) is 0. The normalized spacial score (nSPS) is 13.4. The lowest BCUT2D eigenvalue weighted by molar-refractivity contribution is 0.809. The first-order valence-corrected chi connectivity index (χ1v) is 20.0. The van der Waals surface area contributed by atoms with Crippen molar-refractivity contribution >= 4 is 53.9 Å². The number of rotatable bonds is 2. The van der Waals surface area contributed by atoms with E-state index in [1.807, 2.05) is 0 Å². The van der Waals surface area contributed by atoms with E-state index in [0.717, 1.165) is 0 Å². The van der Waals surface area contributed by atoms with Gasteiger partial charge in [-0.05, 0) is 133 Å². The van der Waals surface area contributed by atoms with Crippen molar-refractivity contribution in [2.45, 2.75) is 5.41 Å². The topological polar surface area (TPSA) is 0 Å². The maximum absolute atomic E-state index is 2.44. The number of hydrogen-bond donors (Lipinski definition) is 0. The second kappa shape index (κ2) is 11.4. The highest BCUT2D eigenvalue weighted by molar-refractivity contribution is 6.22. The van der Waals surface area contributed by atoms with Crippen molar-refractivity contribution in [2.75, 3.05) is 0 Å². The Kier molecular flexibility index (Phi) is 6.19. The first kappa shape index (κ1) is 31.0. The first-order valence-electron chi connectivity index (χ1n) is 20.0. The van der Waals surface area contributed by atoms with Gasteiger partial charge in [0.2, 0.25) is 0 Å². The van der Waals surface area contributed by atoms with Crippen molar-refractivity contribution < 1.29 is 0 Å². The summed E-state index contributed by atoms with van der Waals surface area (Å²) in [6.45, 7) is 0. The van der Waals surface area contributed by atoms with Gasteiger partial charge in [-0.2, -0.15) is 0 Å². The summed E-state index contributed by atoms with van der Waals surface area (Å²) >= 11 is 0. The molecule has 11 aromatic carbocycles. The zero-order valence-electron chi connectivity index (χ0n) is 31.1. The molecule has 0 nitrogen and oxygen atoms in total. The van der Waals surface area contributed by atoms with Gasteiger partial charge in [0.1, 0.15) is 0 Å². The number of hydrogen-bond acceptors (Lipinski definition) is 0. The molecule has 0 heteroatoms. The van der Waals surface area contributed by atoms with E-state index < -0.39 is 5.41 Å². The van der Waals surface area contributed by atoms with Gasteiger partial charge < -0.3 is 0 Å². The first-order chi connectivity index (χ1) is 28.3. The third-order valence-corrected chi connectivity index (χ3v) is 13.2. The largest absolute Gasteiger partial charge is 0.0737 e. The predicted molar refractivity (Wildman–Crippen MR) is 241 cm³/mol. The Morgan fingerprint density at radius 1 is 0.246 bits per heavy atom. The Bertz CT molecular complexity index is 3480. The highest BCUT2D eigenvalue weighted by Crippen LogP contribution is 2.66. The summed E-state index contributed by atoms with van der Waals surface area (Å²) in [4.78, 5) is 0. The average molecular weight is 719 g/mol. The molecule has 0 saturated carbocycles. The van der Waals surface area contributed by atoms with Crippen molar-refractivity contribution in [1.29, 1.82) is 0 Å². The van der Waals surface area contributed by atoms with Crippen LogP contribution in [0.15, 0.2) is 206 Å². The Morgan fingerprint density at radius 3 is 1.47 bits per heavy atom. The second-order valence-corrected chi connectivity index (χ2v) is 15.8. The van der Waals surface area contributed by atoms with Crippen molar-refractivity contribution in [3.05, 3.63) is 229 Å². The maximum Gasteiger partial charge on any atom is 0.0737 e. The van der Waals surface area contributed by atoms with Crippen LogP contribution in [0.2, 0.25) is 0 Å². The fourth-order valence-electron chi connectivity index (χ4n) is 11.1. The molecule has 0 amide bonds. The molecule has 0 bridgehead atoms. The van der Waals surface area contributed by atoms with Gasteiger partial charge in [0.15, 0.2) is 0 Å². The predicted octanol–water partition coefficient (Wildman–Crippen LogP) is 15.1. The van der Waals surface area contributed by atoms with Gasteiger partial charge in [-0.15, -0.1) is 0 Å². The lowest BCUT2D eigenvalue weighted by Gasteiger charge is -2.32.